The van der Waals surface area contributed by atoms with E-state index in [-0.39, 0.29) is 17.9 Å². The number of carbonyl (C=O) groups excluding carboxylic acids is 2. The van der Waals surface area contributed by atoms with Crippen molar-refractivity contribution in [3.8, 4) is 0 Å². The molecule has 0 fully saturated rings. The van der Waals surface area contributed by atoms with Crippen LogP contribution in [0.25, 0.3) is 0 Å². The normalized spacial score (nSPS) is 11.9. The van der Waals surface area contributed by atoms with Crippen LogP contribution in [0.2, 0.25) is 0 Å². The first-order chi connectivity index (χ1) is 7.57. The number of hydrogen-bond donors (Lipinski definition) is 3. The number of nitrogens with one attached hydrogen (secondary N) is 3. The van der Waals surface area contributed by atoms with Crippen LogP contribution in [0.15, 0.2) is 0 Å². The second-order valence-electron chi connectivity index (χ2n) is 3.80. The molecular formula is C11H23N3O2. The third-order valence-electron chi connectivity index (χ3n) is 2.17. The lowest BCUT2D eigenvalue weighted by Gasteiger charge is -2.13. The predicted octanol–water partition coefficient (Wildman–Crippen LogP) is 0.0169. The lowest BCUT2D eigenvalue weighted by atomic mass is 10.3. The van der Waals surface area contributed by atoms with E-state index in [1.165, 1.54) is 6.92 Å². The molecule has 0 aliphatic carbocycles. The number of hydrogen-bond acceptors (Lipinski definition) is 3. The summed E-state index contributed by atoms with van der Waals surface area (Å²) < 4.78 is 0. The standard InChI is InChI=1S/C11H23N3O2/c1-4-5-6-14-11(16)9(2)12-7-8-13-10(3)15/h9,12H,4-8H2,1-3H3,(H,13,15)(H,14,16). The van der Waals surface area contributed by atoms with Gasteiger partial charge >= 0.3 is 0 Å². The lowest BCUT2D eigenvalue weighted by Crippen LogP contribution is -2.44. The van der Waals surface area contributed by atoms with Crippen LogP contribution in [0.1, 0.15) is 33.6 Å². The zero-order chi connectivity index (χ0) is 12.4. The van der Waals surface area contributed by atoms with Crippen molar-refractivity contribution in [1.82, 2.24) is 16.0 Å². The Morgan fingerprint density at radius 1 is 1.12 bits per heavy atom. The number of rotatable bonds is 8. The molecule has 0 bridgehead atoms. The summed E-state index contributed by atoms with van der Waals surface area (Å²) in [5.74, 6) is -0.0434. The van der Waals surface area contributed by atoms with Crippen LogP contribution in [-0.2, 0) is 9.59 Å². The SMILES string of the molecule is CCCCNC(=O)C(C)NCCNC(C)=O. The van der Waals surface area contributed by atoms with Crippen molar-refractivity contribution in [2.75, 3.05) is 19.6 Å². The maximum absolute atomic E-state index is 11.5. The van der Waals surface area contributed by atoms with Crippen molar-refractivity contribution in [1.29, 1.82) is 0 Å². The zero-order valence-corrected chi connectivity index (χ0v) is 10.4. The maximum Gasteiger partial charge on any atom is 0.236 e. The van der Waals surface area contributed by atoms with Gasteiger partial charge in [-0.2, -0.15) is 0 Å². The van der Waals surface area contributed by atoms with Crippen molar-refractivity contribution in [2.24, 2.45) is 0 Å². The third kappa shape index (κ3) is 8.23. The van der Waals surface area contributed by atoms with E-state index in [1.807, 2.05) is 6.92 Å². The van der Waals surface area contributed by atoms with E-state index in [4.69, 9.17) is 0 Å². The summed E-state index contributed by atoms with van der Waals surface area (Å²) in [5, 5.41) is 8.54. The molecule has 0 aromatic rings. The van der Waals surface area contributed by atoms with Crippen LogP contribution < -0.4 is 16.0 Å². The predicted molar refractivity (Wildman–Crippen MR) is 64.1 cm³/mol. The van der Waals surface area contributed by atoms with Crippen LogP contribution >= 0.6 is 0 Å². The minimum atomic E-state index is -0.217. The molecular weight excluding hydrogens is 206 g/mol. The first-order valence-corrected chi connectivity index (χ1v) is 5.83. The number of unbranched alkanes of at least 4 members (excludes halogenated alkanes) is 1. The summed E-state index contributed by atoms with van der Waals surface area (Å²) in [5.41, 5.74) is 0. The van der Waals surface area contributed by atoms with E-state index >= 15 is 0 Å². The van der Waals surface area contributed by atoms with Gasteiger partial charge in [-0.1, -0.05) is 13.3 Å². The first-order valence-electron chi connectivity index (χ1n) is 5.83. The van der Waals surface area contributed by atoms with Crippen LogP contribution in [0, 0.1) is 0 Å². The minimum absolute atomic E-state index is 0.0104. The highest BCUT2D eigenvalue weighted by Crippen LogP contribution is 1.85. The first kappa shape index (κ1) is 14.9. The van der Waals surface area contributed by atoms with Gasteiger partial charge in [0.1, 0.15) is 0 Å². The molecule has 1 atom stereocenters. The van der Waals surface area contributed by atoms with Crippen LogP contribution in [0.4, 0.5) is 0 Å². The highest BCUT2D eigenvalue weighted by Gasteiger charge is 2.10. The molecule has 5 heteroatoms. The van der Waals surface area contributed by atoms with Gasteiger partial charge in [0.15, 0.2) is 0 Å². The van der Waals surface area contributed by atoms with E-state index in [9.17, 15) is 9.59 Å². The van der Waals surface area contributed by atoms with Crippen molar-refractivity contribution >= 4 is 11.8 Å². The summed E-state index contributed by atoms with van der Waals surface area (Å²) in [6, 6.07) is -0.217. The summed E-state index contributed by atoms with van der Waals surface area (Å²) in [6.07, 6.45) is 2.08. The van der Waals surface area contributed by atoms with Crippen molar-refractivity contribution in [3.63, 3.8) is 0 Å². The maximum atomic E-state index is 11.5. The van der Waals surface area contributed by atoms with Crippen LogP contribution in [0.3, 0.4) is 0 Å². The average molecular weight is 229 g/mol. The van der Waals surface area contributed by atoms with E-state index in [0.717, 1.165) is 19.4 Å². The summed E-state index contributed by atoms with van der Waals surface area (Å²) in [7, 11) is 0. The molecule has 0 aromatic carbocycles. The fraction of sp³-hybridized carbons (Fsp3) is 0.818. The molecule has 0 saturated carbocycles. The average Bonchev–Trinajstić information content (AvgIpc) is 2.24. The monoisotopic (exact) mass is 229 g/mol. The van der Waals surface area contributed by atoms with Crippen molar-refractivity contribution in [2.45, 2.75) is 39.7 Å². The topological polar surface area (TPSA) is 70.2 Å². The second kappa shape index (κ2) is 9.15. The molecule has 1 unspecified atom stereocenters. The molecule has 0 saturated heterocycles. The van der Waals surface area contributed by atoms with Gasteiger partial charge in [0, 0.05) is 26.6 Å². The summed E-state index contributed by atoms with van der Waals surface area (Å²) >= 11 is 0. The Morgan fingerprint density at radius 2 is 1.81 bits per heavy atom. The zero-order valence-electron chi connectivity index (χ0n) is 10.4. The van der Waals surface area contributed by atoms with Gasteiger partial charge in [-0.15, -0.1) is 0 Å². The van der Waals surface area contributed by atoms with Gasteiger partial charge < -0.3 is 16.0 Å². The molecule has 0 rings (SSSR count). The Labute approximate surface area is 97.4 Å². The molecule has 5 nitrogen and oxygen atoms in total. The Kier molecular flexibility index (Phi) is 8.52. The van der Waals surface area contributed by atoms with Crippen molar-refractivity contribution in [3.05, 3.63) is 0 Å². The van der Waals surface area contributed by atoms with Gasteiger partial charge in [0.05, 0.1) is 6.04 Å². The molecule has 0 heterocycles. The Hall–Kier alpha value is -1.10. The molecule has 0 aromatic heterocycles. The largest absolute Gasteiger partial charge is 0.355 e. The molecule has 2 amide bonds. The van der Waals surface area contributed by atoms with E-state index in [1.54, 1.807) is 0 Å². The van der Waals surface area contributed by atoms with Crippen LogP contribution in [0.5, 0.6) is 0 Å². The summed E-state index contributed by atoms with van der Waals surface area (Å²) in [4.78, 5) is 22.1. The minimum Gasteiger partial charge on any atom is -0.355 e. The lowest BCUT2D eigenvalue weighted by molar-refractivity contribution is -0.122. The Morgan fingerprint density at radius 3 is 2.38 bits per heavy atom. The van der Waals surface area contributed by atoms with Gasteiger partial charge in [0.25, 0.3) is 0 Å². The smallest absolute Gasteiger partial charge is 0.236 e. The van der Waals surface area contributed by atoms with E-state index in [0.29, 0.717) is 13.1 Å². The molecule has 0 radical (unpaired) electrons. The van der Waals surface area contributed by atoms with Gasteiger partial charge in [-0.05, 0) is 13.3 Å². The van der Waals surface area contributed by atoms with Gasteiger partial charge in [-0.25, -0.2) is 0 Å². The van der Waals surface area contributed by atoms with Crippen LogP contribution in [-0.4, -0.2) is 37.5 Å². The quantitative estimate of drug-likeness (QED) is 0.514. The fourth-order valence-electron chi connectivity index (χ4n) is 1.16. The highest BCUT2D eigenvalue weighted by molar-refractivity contribution is 5.81. The fourth-order valence-corrected chi connectivity index (χ4v) is 1.16. The molecule has 16 heavy (non-hydrogen) atoms. The number of amides is 2. The Bertz CT molecular complexity index is 219. The third-order valence-corrected chi connectivity index (χ3v) is 2.17. The number of carbonyl (C=O) groups is 2. The molecule has 0 aliphatic rings. The van der Waals surface area contributed by atoms with Gasteiger partial charge in [0.2, 0.25) is 11.8 Å². The summed E-state index contributed by atoms with van der Waals surface area (Å²) in [6.45, 7) is 7.24. The van der Waals surface area contributed by atoms with Crippen molar-refractivity contribution < 1.29 is 9.59 Å². The highest BCUT2D eigenvalue weighted by atomic mass is 16.2. The molecule has 0 aliphatic heterocycles. The molecule has 3 N–H and O–H groups in total. The Balaban J connectivity index is 3.51. The van der Waals surface area contributed by atoms with Gasteiger partial charge in [-0.3, -0.25) is 9.59 Å². The molecule has 94 valence electrons. The van der Waals surface area contributed by atoms with E-state index in [2.05, 4.69) is 22.9 Å². The van der Waals surface area contributed by atoms with E-state index < -0.39 is 0 Å². The molecule has 0 spiro atoms. The second-order valence-corrected chi connectivity index (χ2v) is 3.80.